The number of nitrogens with zero attached hydrogens (tertiary/aromatic N) is 2. The maximum absolute atomic E-state index is 11.6. The lowest BCUT2D eigenvalue weighted by molar-refractivity contribution is -0.130. The summed E-state index contributed by atoms with van der Waals surface area (Å²) in [5.41, 5.74) is 0. The molecule has 2 unspecified atom stereocenters. The summed E-state index contributed by atoms with van der Waals surface area (Å²) in [6.07, 6.45) is 1.31. The van der Waals surface area contributed by atoms with Crippen molar-refractivity contribution in [1.82, 2.24) is 10.2 Å². The average Bonchev–Trinajstić information content (AvgIpc) is 2.11. The third-order valence-electron chi connectivity index (χ3n) is 2.44. The van der Waals surface area contributed by atoms with E-state index in [-0.39, 0.29) is 18.0 Å². The number of carbonyl (C=O) groups is 1. The lowest BCUT2D eigenvalue weighted by Crippen LogP contribution is -2.59. The molecular formula is C10H17N3O. The average molecular weight is 195 g/mol. The summed E-state index contributed by atoms with van der Waals surface area (Å²) in [7, 11) is 0. The van der Waals surface area contributed by atoms with Gasteiger partial charge in [-0.25, -0.2) is 0 Å². The Labute approximate surface area is 84.9 Å². The minimum atomic E-state index is -0.240. The number of nitrogens with one attached hydrogen (secondary N) is 1. The zero-order valence-corrected chi connectivity index (χ0v) is 8.79. The van der Waals surface area contributed by atoms with Gasteiger partial charge in [0.2, 0.25) is 5.91 Å². The third kappa shape index (κ3) is 2.46. The summed E-state index contributed by atoms with van der Waals surface area (Å²) in [6.45, 7) is 5.82. The molecule has 0 aliphatic carbocycles. The molecule has 4 nitrogen and oxygen atoms in total. The van der Waals surface area contributed by atoms with Crippen molar-refractivity contribution in [2.45, 2.75) is 38.8 Å². The Morgan fingerprint density at radius 3 is 3.00 bits per heavy atom. The first-order valence-electron chi connectivity index (χ1n) is 5.10. The maximum Gasteiger partial charge on any atom is 0.238 e. The van der Waals surface area contributed by atoms with E-state index in [9.17, 15) is 4.79 Å². The second kappa shape index (κ2) is 4.97. The Morgan fingerprint density at radius 1 is 1.71 bits per heavy atom. The van der Waals surface area contributed by atoms with Crippen molar-refractivity contribution in [3.8, 4) is 6.07 Å². The SMILES string of the molecule is CCCN1CC(C)NC(=O)C1CC#N. The van der Waals surface area contributed by atoms with Crippen LogP contribution < -0.4 is 5.32 Å². The topological polar surface area (TPSA) is 56.1 Å². The molecule has 1 aliphatic heterocycles. The van der Waals surface area contributed by atoms with Gasteiger partial charge in [-0.2, -0.15) is 5.26 Å². The second-order valence-corrected chi connectivity index (χ2v) is 3.78. The van der Waals surface area contributed by atoms with Gasteiger partial charge in [-0.3, -0.25) is 9.69 Å². The van der Waals surface area contributed by atoms with Gasteiger partial charge in [-0.1, -0.05) is 6.92 Å². The van der Waals surface area contributed by atoms with Crippen molar-refractivity contribution in [3.05, 3.63) is 0 Å². The quantitative estimate of drug-likeness (QED) is 0.713. The molecule has 0 saturated carbocycles. The molecule has 78 valence electrons. The second-order valence-electron chi connectivity index (χ2n) is 3.78. The normalized spacial score (nSPS) is 28.2. The summed E-state index contributed by atoms with van der Waals surface area (Å²) in [5.74, 6) is -0.00116. The summed E-state index contributed by atoms with van der Waals surface area (Å²) < 4.78 is 0. The molecule has 2 atom stereocenters. The fraction of sp³-hybridized carbons (Fsp3) is 0.800. The van der Waals surface area contributed by atoms with Gasteiger partial charge in [0, 0.05) is 12.6 Å². The van der Waals surface area contributed by atoms with Gasteiger partial charge >= 0.3 is 0 Å². The van der Waals surface area contributed by atoms with Crippen LogP contribution in [0.15, 0.2) is 0 Å². The highest BCUT2D eigenvalue weighted by molar-refractivity contribution is 5.83. The predicted molar refractivity (Wildman–Crippen MR) is 53.5 cm³/mol. The molecule has 1 N–H and O–H groups in total. The van der Waals surface area contributed by atoms with Crippen LogP contribution in [0, 0.1) is 11.3 Å². The van der Waals surface area contributed by atoms with Gasteiger partial charge < -0.3 is 5.32 Å². The van der Waals surface area contributed by atoms with Crippen LogP contribution in [0.3, 0.4) is 0 Å². The fourth-order valence-electron chi connectivity index (χ4n) is 1.87. The molecule has 14 heavy (non-hydrogen) atoms. The molecular weight excluding hydrogens is 178 g/mol. The zero-order valence-electron chi connectivity index (χ0n) is 8.79. The first-order chi connectivity index (χ1) is 6.69. The van der Waals surface area contributed by atoms with E-state index in [4.69, 9.17) is 5.26 Å². The van der Waals surface area contributed by atoms with E-state index in [2.05, 4.69) is 23.2 Å². The zero-order chi connectivity index (χ0) is 10.6. The standard InChI is InChI=1S/C10H17N3O/c1-3-6-13-7-8(2)12-10(14)9(13)4-5-11/h8-9H,3-4,6-7H2,1-2H3,(H,12,14). The molecule has 1 saturated heterocycles. The van der Waals surface area contributed by atoms with E-state index in [1.54, 1.807) is 0 Å². The summed E-state index contributed by atoms with van der Waals surface area (Å²) in [5, 5.41) is 11.5. The minimum Gasteiger partial charge on any atom is -0.351 e. The van der Waals surface area contributed by atoms with Crippen LogP contribution in [0.2, 0.25) is 0 Å². The van der Waals surface area contributed by atoms with E-state index in [1.165, 1.54) is 0 Å². The molecule has 0 aromatic carbocycles. The van der Waals surface area contributed by atoms with Crippen LogP contribution in [-0.4, -0.2) is 36.0 Å². The molecule has 1 heterocycles. The van der Waals surface area contributed by atoms with Crippen molar-refractivity contribution < 1.29 is 4.79 Å². The Bertz CT molecular complexity index is 246. The molecule has 1 fully saturated rings. The molecule has 1 rings (SSSR count). The van der Waals surface area contributed by atoms with Crippen molar-refractivity contribution in [3.63, 3.8) is 0 Å². The molecule has 0 aromatic rings. The summed E-state index contributed by atoms with van der Waals surface area (Å²) in [4.78, 5) is 13.7. The summed E-state index contributed by atoms with van der Waals surface area (Å²) >= 11 is 0. The highest BCUT2D eigenvalue weighted by Gasteiger charge is 2.31. The Morgan fingerprint density at radius 2 is 2.43 bits per heavy atom. The van der Waals surface area contributed by atoms with Crippen molar-refractivity contribution in [2.75, 3.05) is 13.1 Å². The third-order valence-corrected chi connectivity index (χ3v) is 2.44. The molecule has 0 bridgehead atoms. The van der Waals surface area contributed by atoms with Crippen LogP contribution in [-0.2, 0) is 4.79 Å². The van der Waals surface area contributed by atoms with Crippen molar-refractivity contribution in [2.24, 2.45) is 0 Å². The first-order valence-corrected chi connectivity index (χ1v) is 5.10. The Kier molecular flexibility index (Phi) is 3.90. The molecule has 4 heteroatoms. The first kappa shape index (κ1) is 11.0. The van der Waals surface area contributed by atoms with Gasteiger partial charge in [0.25, 0.3) is 0 Å². The van der Waals surface area contributed by atoms with Gasteiger partial charge in [0.15, 0.2) is 0 Å². The highest BCUT2D eigenvalue weighted by atomic mass is 16.2. The predicted octanol–water partition coefficient (Wildman–Crippen LogP) is 0.499. The summed E-state index contributed by atoms with van der Waals surface area (Å²) in [6, 6.07) is 2.03. The minimum absolute atomic E-state index is 0.00116. The van der Waals surface area contributed by atoms with E-state index < -0.39 is 0 Å². The lowest BCUT2D eigenvalue weighted by atomic mass is 10.1. The van der Waals surface area contributed by atoms with Gasteiger partial charge in [-0.15, -0.1) is 0 Å². The molecule has 0 spiro atoms. The number of piperazine rings is 1. The van der Waals surface area contributed by atoms with Gasteiger partial charge in [-0.05, 0) is 19.9 Å². The number of amides is 1. The highest BCUT2D eigenvalue weighted by Crippen LogP contribution is 2.11. The number of hydrogen-bond donors (Lipinski definition) is 1. The van der Waals surface area contributed by atoms with E-state index in [0.717, 1.165) is 19.5 Å². The van der Waals surface area contributed by atoms with Crippen LogP contribution >= 0.6 is 0 Å². The molecule has 0 aromatic heterocycles. The number of hydrogen-bond acceptors (Lipinski definition) is 3. The van der Waals surface area contributed by atoms with Crippen LogP contribution in [0.4, 0.5) is 0 Å². The monoisotopic (exact) mass is 195 g/mol. The lowest BCUT2D eigenvalue weighted by Gasteiger charge is -2.37. The largest absolute Gasteiger partial charge is 0.351 e. The van der Waals surface area contributed by atoms with E-state index >= 15 is 0 Å². The van der Waals surface area contributed by atoms with Crippen molar-refractivity contribution in [1.29, 1.82) is 5.26 Å². The van der Waals surface area contributed by atoms with Crippen LogP contribution in [0.5, 0.6) is 0 Å². The van der Waals surface area contributed by atoms with Crippen LogP contribution in [0.1, 0.15) is 26.7 Å². The van der Waals surface area contributed by atoms with Gasteiger partial charge in [0.1, 0.15) is 6.04 Å². The van der Waals surface area contributed by atoms with E-state index in [1.807, 2.05) is 6.92 Å². The Balaban J connectivity index is 2.65. The fourth-order valence-corrected chi connectivity index (χ4v) is 1.87. The number of nitriles is 1. The number of rotatable bonds is 3. The molecule has 1 aliphatic rings. The smallest absolute Gasteiger partial charge is 0.238 e. The van der Waals surface area contributed by atoms with Gasteiger partial charge in [0.05, 0.1) is 12.5 Å². The maximum atomic E-state index is 11.6. The Hall–Kier alpha value is -1.08. The number of carbonyl (C=O) groups excluding carboxylic acids is 1. The molecule has 0 radical (unpaired) electrons. The van der Waals surface area contributed by atoms with Crippen LogP contribution in [0.25, 0.3) is 0 Å². The van der Waals surface area contributed by atoms with Crippen molar-refractivity contribution >= 4 is 5.91 Å². The molecule has 1 amide bonds. The van der Waals surface area contributed by atoms with E-state index in [0.29, 0.717) is 6.42 Å².